The number of carbonyl (C=O) groups is 4. The third kappa shape index (κ3) is 6.82. The Morgan fingerprint density at radius 2 is 1.36 bits per heavy atom. The van der Waals surface area contributed by atoms with Crippen molar-refractivity contribution in [2.24, 2.45) is 0 Å². The summed E-state index contributed by atoms with van der Waals surface area (Å²) in [5.41, 5.74) is -5.88. The second kappa shape index (κ2) is 12.1. The predicted molar refractivity (Wildman–Crippen MR) is 134 cm³/mol. The summed E-state index contributed by atoms with van der Waals surface area (Å²) < 4.78 is 85.2. The number of hydrogen-bond donors (Lipinski definition) is 1. The maximum Gasteiger partial charge on any atom is 0.399 e. The summed E-state index contributed by atoms with van der Waals surface area (Å²) in [7, 11) is 1.39. The highest BCUT2D eigenvalue weighted by Gasteiger charge is 2.68. The molecule has 0 saturated carbocycles. The summed E-state index contributed by atoms with van der Waals surface area (Å²) in [4.78, 5) is 48.8. The number of amides is 2. The van der Waals surface area contributed by atoms with Gasteiger partial charge in [-0.2, -0.15) is 26.3 Å². The van der Waals surface area contributed by atoms with Gasteiger partial charge in [0.2, 0.25) is 11.8 Å². The second-order valence-corrected chi connectivity index (χ2v) is 9.98. The molecule has 0 aliphatic carbocycles. The number of ether oxygens (including phenoxy) is 2. The van der Waals surface area contributed by atoms with Crippen LogP contribution in [0.4, 0.5) is 37.7 Å². The van der Waals surface area contributed by atoms with Crippen LogP contribution in [0.3, 0.4) is 0 Å². The van der Waals surface area contributed by atoms with Gasteiger partial charge in [0, 0.05) is 20.9 Å². The maximum absolute atomic E-state index is 12.7. The van der Waals surface area contributed by atoms with E-state index in [0.717, 1.165) is 0 Å². The first-order chi connectivity index (χ1) is 16.2. The number of rotatable bonds is 7. The van der Waals surface area contributed by atoms with Gasteiger partial charge in [-0.3, -0.25) is 14.4 Å². The molecule has 0 aromatic heterocycles. The number of esters is 2. The molecule has 0 bridgehead atoms. The smallest absolute Gasteiger partial charge is 0.399 e. The lowest BCUT2D eigenvalue weighted by atomic mass is 10.0. The molecule has 0 unspecified atom stereocenters. The molecule has 9 nitrogen and oxygen atoms in total. The average molecular weight is 865 g/mol. The first-order valence-electron chi connectivity index (χ1n) is 9.10. The van der Waals surface area contributed by atoms with Crippen molar-refractivity contribution in [2.75, 3.05) is 30.5 Å². The van der Waals surface area contributed by atoms with Crippen LogP contribution in [0.2, 0.25) is 0 Å². The lowest BCUT2D eigenvalue weighted by Crippen LogP contribution is -2.71. The lowest BCUT2D eigenvalue weighted by molar-refractivity contribution is -0.574. The van der Waals surface area contributed by atoms with Gasteiger partial charge < -0.3 is 24.8 Å². The van der Waals surface area contributed by atoms with Crippen molar-refractivity contribution in [3.63, 3.8) is 0 Å². The minimum atomic E-state index is -6.54. The third-order valence-electron chi connectivity index (χ3n) is 4.24. The van der Waals surface area contributed by atoms with Crippen molar-refractivity contribution in [3.8, 4) is 0 Å². The van der Waals surface area contributed by atoms with E-state index in [4.69, 9.17) is 4.74 Å². The summed E-state index contributed by atoms with van der Waals surface area (Å²) in [6.45, 7) is 0.105. The molecule has 0 spiro atoms. The van der Waals surface area contributed by atoms with Crippen LogP contribution in [0.5, 0.6) is 0 Å². The van der Waals surface area contributed by atoms with Crippen LogP contribution >= 0.6 is 67.8 Å². The number of nitrogens with zero attached hydrogens (tertiary/aromatic N) is 1. The number of hydrogen-bond acceptors (Lipinski definition) is 7. The topological polar surface area (TPSA) is 125 Å². The van der Waals surface area contributed by atoms with Crippen molar-refractivity contribution >= 4 is 103 Å². The Morgan fingerprint density at radius 3 is 1.78 bits per heavy atom. The average Bonchev–Trinajstić information content (AvgIpc) is 2.71. The van der Waals surface area contributed by atoms with E-state index in [1.165, 1.54) is 25.8 Å². The minimum absolute atomic E-state index is 0.136. The van der Waals surface area contributed by atoms with Gasteiger partial charge in [0.05, 0.1) is 27.6 Å². The largest absolute Gasteiger partial charge is 0.828 e. The van der Waals surface area contributed by atoms with Crippen LogP contribution in [-0.4, -0.2) is 62.0 Å². The van der Waals surface area contributed by atoms with Gasteiger partial charge in [0.15, 0.2) is 5.60 Å². The van der Waals surface area contributed by atoms with E-state index in [1.807, 2.05) is 22.6 Å². The zero-order chi connectivity index (χ0) is 28.4. The van der Waals surface area contributed by atoms with Crippen LogP contribution in [-0.2, 0) is 23.9 Å². The van der Waals surface area contributed by atoms with Gasteiger partial charge in [0.1, 0.15) is 13.2 Å². The van der Waals surface area contributed by atoms with E-state index in [-0.39, 0.29) is 24.1 Å². The van der Waals surface area contributed by atoms with Crippen LogP contribution in [0.1, 0.15) is 24.2 Å². The summed E-state index contributed by atoms with van der Waals surface area (Å²) in [5, 5.41) is 13.8. The number of nitrogens with one attached hydrogen (secondary N) is 1. The Labute approximate surface area is 240 Å². The molecule has 0 atom stereocenters. The van der Waals surface area contributed by atoms with E-state index >= 15 is 0 Å². The van der Waals surface area contributed by atoms with Crippen molar-refractivity contribution in [1.82, 2.24) is 0 Å². The molecule has 36 heavy (non-hydrogen) atoms. The van der Waals surface area contributed by atoms with Crippen molar-refractivity contribution in [3.05, 3.63) is 16.3 Å². The van der Waals surface area contributed by atoms with E-state index in [9.17, 15) is 50.6 Å². The highest BCUT2D eigenvalue weighted by Crippen LogP contribution is 2.42. The summed E-state index contributed by atoms with van der Waals surface area (Å²) in [5.74, 6) is -5.29. The SMILES string of the molecule is CC(=O)Nc1c(I)c(C(=O)OCCOC(=O)C([O-])(C(F)(F)F)C(F)(F)F)c(I)c(N(C)C(C)=O)c1I. The molecule has 1 aromatic carbocycles. The van der Waals surface area contributed by atoms with E-state index in [1.54, 1.807) is 45.2 Å². The Balaban J connectivity index is 3.22. The van der Waals surface area contributed by atoms with Crippen LogP contribution in [0, 0.1) is 10.7 Å². The second-order valence-electron chi connectivity index (χ2n) is 6.75. The fourth-order valence-corrected chi connectivity index (χ4v) is 7.00. The number of carbonyl (C=O) groups excluding carboxylic acids is 4. The van der Waals surface area contributed by atoms with E-state index in [0.29, 0.717) is 3.57 Å². The molecule has 1 rings (SSSR count). The number of halogens is 9. The summed E-state index contributed by atoms with van der Waals surface area (Å²) in [6.07, 6.45) is -13.1. The zero-order valence-electron chi connectivity index (χ0n) is 18.1. The molecule has 0 saturated heterocycles. The standard InChI is InChI=1S/C18H14F6I3N2O7/c1-6(30)28-12-9(25)8(10(26)13(11(12)27)29(3)7(2)31)14(32)35-4-5-36-15(33)16(34,17(19,20)21)18(22,23)24/h4-5H2,1-3H3,(H,28,30)/q-1. The quantitative estimate of drug-likeness (QED) is 0.193. The van der Waals surface area contributed by atoms with Gasteiger partial charge in [-0.25, -0.2) is 4.79 Å². The van der Waals surface area contributed by atoms with Crippen molar-refractivity contribution in [2.45, 2.75) is 31.8 Å². The number of anilines is 2. The molecule has 0 aliphatic heterocycles. The Kier molecular flexibility index (Phi) is 11.1. The number of benzene rings is 1. The van der Waals surface area contributed by atoms with E-state index < -0.39 is 54.9 Å². The molecular weight excluding hydrogens is 851 g/mol. The van der Waals surface area contributed by atoms with E-state index in [2.05, 4.69) is 10.1 Å². The van der Waals surface area contributed by atoms with Gasteiger partial charge >= 0.3 is 24.3 Å². The van der Waals surface area contributed by atoms with Gasteiger partial charge in [0.25, 0.3) is 0 Å². The molecule has 18 heteroatoms. The molecule has 0 fully saturated rings. The highest BCUT2D eigenvalue weighted by molar-refractivity contribution is 14.1. The predicted octanol–water partition coefficient (Wildman–Crippen LogP) is 3.37. The molecular formula is C18H14F6I3N2O7-. The highest BCUT2D eigenvalue weighted by atomic mass is 127. The van der Waals surface area contributed by atoms with Gasteiger partial charge in [-0.15, -0.1) is 0 Å². The molecule has 1 N–H and O–H groups in total. The van der Waals surface area contributed by atoms with Crippen molar-refractivity contribution < 1.29 is 60.1 Å². The van der Waals surface area contributed by atoms with Crippen molar-refractivity contribution in [1.29, 1.82) is 0 Å². The minimum Gasteiger partial charge on any atom is -0.828 e. The summed E-state index contributed by atoms with van der Waals surface area (Å²) in [6, 6.07) is 0. The molecule has 202 valence electrons. The Bertz CT molecular complexity index is 1060. The normalized spacial score (nSPS) is 12.1. The van der Waals surface area contributed by atoms with Crippen LogP contribution in [0.25, 0.3) is 0 Å². The molecule has 0 heterocycles. The fraction of sp³-hybridized carbons (Fsp3) is 0.444. The van der Waals surface area contributed by atoms with Crippen LogP contribution < -0.4 is 15.3 Å². The fourth-order valence-electron chi connectivity index (χ4n) is 2.40. The molecule has 0 radical (unpaired) electrons. The van der Waals surface area contributed by atoms with Crippen LogP contribution in [0.15, 0.2) is 0 Å². The third-order valence-corrected chi connectivity index (χ3v) is 7.42. The monoisotopic (exact) mass is 865 g/mol. The lowest BCUT2D eigenvalue weighted by Gasteiger charge is -2.40. The van der Waals surface area contributed by atoms with Gasteiger partial charge in [-0.1, -0.05) is 0 Å². The molecule has 0 aliphatic rings. The Hall–Kier alpha value is -1.17. The molecule has 2 amide bonds. The van der Waals surface area contributed by atoms with Gasteiger partial charge in [-0.05, 0) is 67.8 Å². The number of alkyl halides is 6. The zero-order valence-corrected chi connectivity index (χ0v) is 24.6. The summed E-state index contributed by atoms with van der Waals surface area (Å²) >= 11 is 5.24. The first-order valence-corrected chi connectivity index (χ1v) is 12.3. The first kappa shape index (κ1) is 32.9. The molecule has 1 aromatic rings. The Morgan fingerprint density at radius 1 is 0.889 bits per heavy atom. The maximum atomic E-state index is 12.7.